The van der Waals surface area contributed by atoms with E-state index in [1.807, 2.05) is 37.3 Å². The third-order valence-electron chi connectivity index (χ3n) is 5.05. The van der Waals surface area contributed by atoms with Crippen LogP contribution in [0.4, 0.5) is 5.13 Å². The molecular formula is C24H28N4O6S2. The summed E-state index contributed by atoms with van der Waals surface area (Å²) in [5.41, 5.74) is 1.20. The maximum Gasteiger partial charge on any atom is 0.263 e. The van der Waals surface area contributed by atoms with Gasteiger partial charge in [0.2, 0.25) is 5.13 Å². The van der Waals surface area contributed by atoms with Crippen molar-refractivity contribution in [2.24, 2.45) is 0 Å². The van der Waals surface area contributed by atoms with Crippen LogP contribution in [0.2, 0.25) is 0 Å². The van der Waals surface area contributed by atoms with Crippen molar-refractivity contribution in [3.8, 4) is 17.6 Å². The molecule has 36 heavy (non-hydrogen) atoms. The highest BCUT2D eigenvalue weighted by molar-refractivity contribution is 7.93. The number of hydrogen-bond acceptors (Lipinski definition) is 10. The van der Waals surface area contributed by atoms with Crippen LogP contribution >= 0.6 is 11.5 Å². The molecule has 0 radical (unpaired) electrons. The summed E-state index contributed by atoms with van der Waals surface area (Å²) in [5, 5.41) is 9.82. The minimum Gasteiger partial charge on any atom is -0.497 e. The third kappa shape index (κ3) is 8.17. The fourth-order valence-electron chi connectivity index (χ4n) is 3.21. The van der Waals surface area contributed by atoms with Gasteiger partial charge in [-0.25, -0.2) is 13.4 Å². The summed E-state index contributed by atoms with van der Waals surface area (Å²) in [6.07, 6.45) is 2.21. The second-order valence-electron chi connectivity index (χ2n) is 7.52. The van der Waals surface area contributed by atoms with Gasteiger partial charge in [0.25, 0.3) is 10.0 Å². The van der Waals surface area contributed by atoms with E-state index in [0.717, 1.165) is 22.8 Å². The standard InChI is InChI=1S/C24H28N4O6S2/c1-3-32-12-13-33-16-21(9-6-18-4-7-20(31-2)8-5-18)34-23-11-10-22(14-19(23)15-25)36(29,30)28-24-26-17-27-35-24/h4-5,7-8,10-11,14,17,21H,3,6,9,12-13,16H2,1-2H3,(H,26,27,28). The van der Waals surface area contributed by atoms with Crippen molar-refractivity contribution in [3.05, 3.63) is 59.9 Å². The molecule has 0 aliphatic carbocycles. The maximum atomic E-state index is 12.7. The van der Waals surface area contributed by atoms with E-state index < -0.39 is 10.0 Å². The molecule has 0 bridgehead atoms. The molecule has 2 aromatic carbocycles. The van der Waals surface area contributed by atoms with Crippen LogP contribution < -0.4 is 14.2 Å². The summed E-state index contributed by atoms with van der Waals surface area (Å²) in [6.45, 7) is 3.69. The molecule has 1 aromatic heterocycles. The summed E-state index contributed by atoms with van der Waals surface area (Å²) in [4.78, 5) is 3.75. The van der Waals surface area contributed by atoms with Crippen LogP contribution in [-0.4, -0.2) is 57.4 Å². The van der Waals surface area contributed by atoms with E-state index >= 15 is 0 Å². The van der Waals surface area contributed by atoms with Crippen molar-refractivity contribution in [1.82, 2.24) is 9.36 Å². The Labute approximate surface area is 215 Å². The number of nitriles is 1. The Balaban J connectivity index is 1.72. The molecule has 0 spiro atoms. The molecule has 3 aromatic rings. The largest absolute Gasteiger partial charge is 0.497 e. The zero-order valence-corrected chi connectivity index (χ0v) is 21.7. The molecule has 0 amide bonds. The van der Waals surface area contributed by atoms with Crippen molar-refractivity contribution in [3.63, 3.8) is 0 Å². The Kier molecular flexibility index (Phi) is 10.4. The van der Waals surface area contributed by atoms with Gasteiger partial charge in [0, 0.05) is 18.1 Å². The number of hydrogen-bond donors (Lipinski definition) is 1. The van der Waals surface area contributed by atoms with E-state index in [2.05, 4.69) is 14.1 Å². The third-order valence-corrected chi connectivity index (χ3v) is 7.10. The van der Waals surface area contributed by atoms with Gasteiger partial charge in [-0.3, -0.25) is 4.72 Å². The van der Waals surface area contributed by atoms with Gasteiger partial charge in [-0.1, -0.05) is 12.1 Å². The van der Waals surface area contributed by atoms with E-state index in [-0.39, 0.29) is 34.1 Å². The highest BCUT2D eigenvalue weighted by Crippen LogP contribution is 2.26. The number of benzene rings is 2. The molecule has 1 unspecified atom stereocenters. The molecule has 12 heteroatoms. The SMILES string of the molecule is CCOCCOCC(CCc1ccc(OC)cc1)Oc1ccc(S(=O)(=O)Nc2ncns2)cc1C#N. The van der Waals surface area contributed by atoms with Crippen molar-refractivity contribution >= 4 is 26.7 Å². The molecule has 0 fully saturated rings. The average molecular weight is 533 g/mol. The lowest BCUT2D eigenvalue weighted by Gasteiger charge is -2.20. The lowest BCUT2D eigenvalue weighted by atomic mass is 10.1. The monoisotopic (exact) mass is 532 g/mol. The highest BCUT2D eigenvalue weighted by atomic mass is 32.2. The molecule has 0 saturated carbocycles. The van der Waals surface area contributed by atoms with E-state index in [4.69, 9.17) is 18.9 Å². The van der Waals surface area contributed by atoms with Gasteiger partial charge in [0.05, 0.1) is 37.4 Å². The molecule has 3 rings (SSSR count). The first-order valence-corrected chi connectivity index (χ1v) is 13.5. The normalized spacial score (nSPS) is 12.0. The van der Waals surface area contributed by atoms with Crippen molar-refractivity contribution in [2.75, 3.05) is 38.3 Å². The molecular weight excluding hydrogens is 504 g/mol. The number of aryl methyl sites for hydroxylation is 1. The predicted molar refractivity (Wildman–Crippen MR) is 135 cm³/mol. The Hall–Kier alpha value is -3.24. The summed E-state index contributed by atoms with van der Waals surface area (Å²) in [6, 6.07) is 13.9. The second kappa shape index (κ2) is 13.7. The van der Waals surface area contributed by atoms with Gasteiger partial charge >= 0.3 is 0 Å². The quantitative estimate of drug-likeness (QED) is 0.291. The summed E-state index contributed by atoms with van der Waals surface area (Å²) in [7, 11) is -2.31. The molecule has 0 aliphatic heterocycles. The fraction of sp³-hybridized carbons (Fsp3) is 0.375. The second-order valence-corrected chi connectivity index (χ2v) is 9.98. The number of rotatable bonds is 15. The molecule has 192 valence electrons. The first-order valence-electron chi connectivity index (χ1n) is 11.2. The Morgan fingerprint density at radius 3 is 2.58 bits per heavy atom. The van der Waals surface area contributed by atoms with Crippen LogP contribution in [0.15, 0.2) is 53.7 Å². The van der Waals surface area contributed by atoms with Gasteiger partial charge < -0.3 is 18.9 Å². The first-order chi connectivity index (χ1) is 17.4. The van der Waals surface area contributed by atoms with Gasteiger partial charge in [0.15, 0.2) is 0 Å². The van der Waals surface area contributed by atoms with Crippen molar-refractivity contribution < 1.29 is 27.4 Å². The number of nitrogens with zero attached hydrogens (tertiary/aromatic N) is 3. The lowest BCUT2D eigenvalue weighted by molar-refractivity contribution is 0.0119. The molecule has 0 aliphatic rings. The Bertz CT molecular complexity index is 1230. The molecule has 10 nitrogen and oxygen atoms in total. The Morgan fingerprint density at radius 2 is 1.92 bits per heavy atom. The molecule has 1 atom stereocenters. The van der Waals surface area contributed by atoms with Gasteiger partial charge in [-0.05, 0) is 55.7 Å². The van der Waals surface area contributed by atoms with Gasteiger partial charge in [-0.2, -0.15) is 9.64 Å². The number of sulfonamides is 1. The Morgan fingerprint density at radius 1 is 1.14 bits per heavy atom. The van der Waals surface area contributed by atoms with E-state index in [0.29, 0.717) is 32.7 Å². The topological polar surface area (TPSA) is 133 Å². The maximum absolute atomic E-state index is 12.7. The van der Waals surface area contributed by atoms with E-state index in [1.165, 1.54) is 24.5 Å². The number of nitrogens with one attached hydrogen (secondary N) is 1. The zero-order chi connectivity index (χ0) is 25.8. The summed E-state index contributed by atoms with van der Waals surface area (Å²) >= 11 is 0.913. The van der Waals surface area contributed by atoms with Crippen LogP contribution in [0.5, 0.6) is 11.5 Å². The van der Waals surface area contributed by atoms with Crippen LogP contribution in [-0.2, 0) is 25.9 Å². The smallest absolute Gasteiger partial charge is 0.263 e. The van der Waals surface area contributed by atoms with E-state index in [1.54, 1.807) is 7.11 Å². The minimum absolute atomic E-state index is 0.0793. The molecule has 1 N–H and O–H groups in total. The van der Waals surface area contributed by atoms with Crippen molar-refractivity contribution in [2.45, 2.75) is 30.8 Å². The van der Waals surface area contributed by atoms with Crippen LogP contribution in [0.1, 0.15) is 24.5 Å². The number of ether oxygens (including phenoxy) is 4. The zero-order valence-electron chi connectivity index (χ0n) is 20.0. The number of aromatic nitrogens is 2. The molecule has 0 saturated heterocycles. The van der Waals surface area contributed by atoms with Crippen molar-refractivity contribution in [1.29, 1.82) is 5.26 Å². The van der Waals surface area contributed by atoms with Gasteiger partial charge in [-0.15, -0.1) is 0 Å². The highest BCUT2D eigenvalue weighted by Gasteiger charge is 2.20. The molecule has 1 heterocycles. The minimum atomic E-state index is -3.93. The number of anilines is 1. The summed E-state index contributed by atoms with van der Waals surface area (Å²) < 4.78 is 53.8. The van der Waals surface area contributed by atoms with Crippen LogP contribution in [0, 0.1) is 11.3 Å². The number of methoxy groups -OCH3 is 1. The predicted octanol–water partition coefficient (Wildman–Crippen LogP) is 3.65. The van der Waals surface area contributed by atoms with Crippen LogP contribution in [0.25, 0.3) is 0 Å². The van der Waals surface area contributed by atoms with Gasteiger partial charge in [0.1, 0.15) is 30.0 Å². The average Bonchev–Trinajstić information content (AvgIpc) is 3.39. The van der Waals surface area contributed by atoms with Crippen LogP contribution in [0.3, 0.4) is 0 Å². The summed E-state index contributed by atoms with van der Waals surface area (Å²) in [5.74, 6) is 1.06. The lowest BCUT2D eigenvalue weighted by Crippen LogP contribution is -2.25. The fourth-order valence-corrected chi connectivity index (χ4v) is 4.90. The first kappa shape index (κ1) is 27.3. The van der Waals surface area contributed by atoms with E-state index in [9.17, 15) is 13.7 Å².